The number of nitrogens with zero attached hydrogens (tertiary/aromatic N) is 4. The third-order valence-corrected chi connectivity index (χ3v) is 3.76. The summed E-state index contributed by atoms with van der Waals surface area (Å²) in [4.78, 5) is 12.0. The first-order chi connectivity index (χ1) is 10.6. The van der Waals surface area contributed by atoms with Crippen molar-refractivity contribution in [2.75, 3.05) is 18.2 Å². The van der Waals surface area contributed by atoms with E-state index in [0.717, 1.165) is 0 Å². The minimum Gasteiger partial charge on any atom is -0.495 e. The molecule has 0 saturated carbocycles. The second-order valence-corrected chi connectivity index (χ2v) is 5.49. The smallest absolute Gasteiger partial charge is 0.234 e. The van der Waals surface area contributed by atoms with Crippen LogP contribution in [0.3, 0.4) is 0 Å². The Hall–Kier alpha value is -2.06. The first kappa shape index (κ1) is 16.3. The number of anilines is 1. The molecule has 0 fully saturated rings. The number of aromatic nitrogens is 4. The molecular formula is C13H14ClN5O2S. The number of rotatable bonds is 7. The van der Waals surface area contributed by atoms with Crippen molar-refractivity contribution in [1.82, 2.24) is 20.2 Å². The van der Waals surface area contributed by atoms with E-state index in [1.807, 2.05) is 0 Å². The van der Waals surface area contributed by atoms with Gasteiger partial charge >= 0.3 is 0 Å². The number of ether oxygens (including phenoxy) is 1. The summed E-state index contributed by atoms with van der Waals surface area (Å²) in [5.74, 6) is 0.491. The van der Waals surface area contributed by atoms with Gasteiger partial charge in [0.05, 0.1) is 25.1 Å². The molecule has 1 N–H and O–H groups in total. The number of amides is 1. The first-order valence-electron chi connectivity index (χ1n) is 6.27. The summed E-state index contributed by atoms with van der Waals surface area (Å²) in [7, 11) is 1.52. The standard InChI is InChI=1S/C13H14ClN5O2S/c1-3-6-19-13(16-17-18-19)22-8-12(20)15-10-7-9(14)4-5-11(10)21-2/h3-5,7H,1,6,8H2,2H3,(H,15,20). The number of carbonyl (C=O) groups excluding carboxylic acids is 1. The van der Waals surface area contributed by atoms with Crippen LogP contribution in [0.15, 0.2) is 36.0 Å². The van der Waals surface area contributed by atoms with Crippen LogP contribution in [-0.4, -0.2) is 39.0 Å². The number of tetrazole rings is 1. The maximum Gasteiger partial charge on any atom is 0.234 e. The maximum atomic E-state index is 12.0. The quantitative estimate of drug-likeness (QED) is 0.615. The number of nitrogens with one attached hydrogen (secondary N) is 1. The number of halogens is 1. The number of thioether (sulfide) groups is 1. The number of hydrogen-bond acceptors (Lipinski definition) is 6. The average molecular weight is 340 g/mol. The van der Waals surface area contributed by atoms with Crippen molar-refractivity contribution in [3.63, 3.8) is 0 Å². The molecule has 1 heterocycles. The van der Waals surface area contributed by atoms with Gasteiger partial charge in [-0.1, -0.05) is 29.4 Å². The van der Waals surface area contributed by atoms with E-state index in [0.29, 0.717) is 28.2 Å². The van der Waals surface area contributed by atoms with Crippen LogP contribution in [0.2, 0.25) is 5.02 Å². The fourth-order valence-electron chi connectivity index (χ4n) is 1.63. The maximum absolute atomic E-state index is 12.0. The Bertz CT molecular complexity index is 676. The lowest BCUT2D eigenvalue weighted by atomic mass is 10.3. The Morgan fingerprint density at radius 1 is 1.59 bits per heavy atom. The van der Waals surface area contributed by atoms with Crippen molar-refractivity contribution in [1.29, 1.82) is 0 Å². The van der Waals surface area contributed by atoms with Gasteiger partial charge in [0.15, 0.2) is 0 Å². The van der Waals surface area contributed by atoms with E-state index in [1.54, 1.807) is 29.0 Å². The zero-order valence-corrected chi connectivity index (χ0v) is 13.4. The molecular weight excluding hydrogens is 326 g/mol. The molecule has 0 aliphatic heterocycles. The number of hydrogen-bond donors (Lipinski definition) is 1. The number of benzene rings is 1. The van der Waals surface area contributed by atoms with Crippen LogP contribution in [0.25, 0.3) is 0 Å². The van der Waals surface area contributed by atoms with Gasteiger partial charge < -0.3 is 10.1 Å². The van der Waals surface area contributed by atoms with Gasteiger partial charge in [-0.3, -0.25) is 4.79 Å². The van der Waals surface area contributed by atoms with Crippen molar-refractivity contribution in [3.05, 3.63) is 35.9 Å². The number of methoxy groups -OCH3 is 1. The van der Waals surface area contributed by atoms with Crippen LogP contribution in [0.5, 0.6) is 5.75 Å². The van der Waals surface area contributed by atoms with Crippen LogP contribution in [0, 0.1) is 0 Å². The number of allylic oxidation sites excluding steroid dienone is 1. The minimum absolute atomic E-state index is 0.160. The second kappa shape index (κ2) is 7.81. The third-order valence-electron chi connectivity index (χ3n) is 2.57. The SMILES string of the molecule is C=CCn1nnnc1SCC(=O)Nc1cc(Cl)ccc1OC. The van der Waals surface area contributed by atoms with Gasteiger partial charge in [-0.05, 0) is 28.6 Å². The summed E-state index contributed by atoms with van der Waals surface area (Å²) in [6.07, 6.45) is 1.68. The van der Waals surface area contributed by atoms with Crippen molar-refractivity contribution < 1.29 is 9.53 Å². The molecule has 7 nitrogen and oxygen atoms in total. The molecule has 9 heteroatoms. The molecule has 0 radical (unpaired) electrons. The zero-order chi connectivity index (χ0) is 15.9. The summed E-state index contributed by atoms with van der Waals surface area (Å²) in [6.45, 7) is 4.11. The van der Waals surface area contributed by atoms with Gasteiger partial charge in [0.2, 0.25) is 11.1 Å². The van der Waals surface area contributed by atoms with E-state index in [2.05, 4.69) is 27.4 Å². The molecule has 0 saturated heterocycles. The van der Waals surface area contributed by atoms with Gasteiger partial charge in [0.1, 0.15) is 5.75 Å². The zero-order valence-electron chi connectivity index (χ0n) is 11.8. The Morgan fingerprint density at radius 3 is 3.14 bits per heavy atom. The largest absolute Gasteiger partial charge is 0.495 e. The molecule has 0 aliphatic rings. The van der Waals surface area contributed by atoms with E-state index >= 15 is 0 Å². The highest BCUT2D eigenvalue weighted by Crippen LogP contribution is 2.28. The molecule has 0 aliphatic carbocycles. The van der Waals surface area contributed by atoms with Crippen LogP contribution >= 0.6 is 23.4 Å². The van der Waals surface area contributed by atoms with Crippen molar-refractivity contribution >= 4 is 35.0 Å². The lowest BCUT2D eigenvalue weighted by Crippen LogP contribution is -2.15. The van der Waals surface area contributed by atoms with E-state index < -0.39 is 0 Å². The predicted molar refractivity (Wildman–Crippen MR) is 85.4 cm³/mol. The van der Waals surface area contributed by atoms with E-state index in [4.69, 9.17) is 16.3 Å². The summed E-state index contributed by atoms with van der Waals surface area (Å²) in [6, 6.07) is 5.01. The first-order valence-corrected chi connectivity index (χ1v) is 7.63. The van der Waals surface area contributed by atoms with Crippen LogP contribution in [-0.2, 0) is 11.3 Å². The molecule has 2 rings (SSSR count). The molecule has 0 bridgehead atoms. The van der Waals surface area contributed by atoms with E-state index in [1.165, 1.54) is 18.9 Å². The predicted octanol–water partition coefficient (Wildman–Crippen LogP) is 2.25. The lowest BCUT2D eigenvalue weighted by molar-refractivity contribution is -0.113. The van der Waals surface area contributed by atoms with E-state index in [-0.39, 0.29) is 11.7 Å². The molecule has 0 spiro atoms. The molecule has 116 valence electrons. The third kappa shape index (κ3) is 4.22. The fourth-order valence-corrected chi connectivity index (χ4v) is 2.49. The highest BCUT2D eigenvalue weighted by molar-refractivity contribution is 7.99. The summed E-state index contributed by atoms with van der Waals surface area (Å²) >= 11 is 7.15. The Labute approximate surface area is 136 Å². The van der Waals surface area contributed by atoms with Gasteiger partial charge in [-0.2, -0.15) is 0 Å². The molecule has 22 heavy (non-hydrogen) atoms. The molecule has 1 aromatic heterocycles. The summed E-state index contributed by atoms with van der Waals surface area (Å²) < 4.78 is 6.74. The molecule has 0 atom stereocenters. The van der Waals surface area contributed by atoms with Crippen molar-refractivity contribution in [2.24, 2.45) is 0 Å². The Balaban J connectivity index is 1.97. The highest BCUT2D eigenvalue weighted by atomic mass is 35.5. The Kier molecular flexibility index (Phi) is 5.79. The molecule has 0 unspecified atom stereocenters. The van der Waals surface area contributed by atoms with Crippen LogP contribution in [0.1, 0.15) is 0 Å². The average Bonchev–Trinajstić information content (AvgIpc) is 2.93. The summed E-state index contributed by atoms with van der Waals surface area (Å²) in [5.41, 5.74) is 0.520. The van der Waals surface area contributed by atoms with Crippen molar-refractivity contribution in [2.45, 2.75) is 11.7 Å². The van der Waals surface area contributed by atoms with Gasteiger partial charge in [-0.25, -0.2) is 4.68 Å². The molecule has 1 aromatic carbocycles. The van der Waals surface area contributed by atoms with Gasteiger partial charge in [0, 0.05) is 5.02 Å². The van der Waals surface area contributed by atoms with Crippen molar-refractivity contribution in [3.8, 4) is 5.75 Å². The monoisotopic (exact) mass is 339 g/mol. The normalized spacial score (nSPS) is 10.3. The minimum atomic E-state index is -0.210. The lowest BCUT2D eigenvalue weighted by Gasteiger charge is -2.10. The Morgan fingerprint density at radius 2 is 2.41 bits per heavy atom. The second-order valence-electron chi connectivity index (χ2n) is 4.11. The molecule has 2 aromatic rings. The highest BCUT2D eigenvalue weighted by Gasteiger charge is 2.11. The topological polar surface area (TPSA) is 81.9 Å². The van der Waals surface area contributed by atoms with Gasteiger partial charge in [0.25, 0.3) is 0 Å². The van der Waals surface area contributed by atoms with Crippen LogP contribution < -0.4 is 10.1 Å². The van der Waals surface area contributed by atoms with E-state index in [9.17, 15) is 4.79 Å². The summed E-state index contributed by atoms with van der Waals surface area (Å²) in [5, 5.41) is 15.0. The fraction of sp³-hybridized carbons (Fsp3) is 0.231. The van der Waals surface area contributed by atoms with Gasteiger partial charge in [-0.15, -0.1) is 11.7 Å². The molecule has 1 amide bonds. The number of carbonyl (C=O) groups is 1. The van der Waals surface area contributed by atoms with Crippen LogP contribution in [0.4, 0.5) is 5.69 Å².